The molecule has 3 aromatic rings. The highest BCUT2D eigenvalue weighted by Crippen LogP contribution is 2.30. The summed E-state index contributed by atoms with van der Waals surface area (Å²) < 4.78 is 4.09. The summed E-state index contributed by atoms with van der Waals surface area (Å²) in [5, 5.41) is 4.50. The Labute approximate surface area is 179 Å². The number of rotatable bonds is 4. The van der Waals surface area contributed by atoms with E-state index in [0.717, 1.165) is 31.6 Å². The van der Waals surface area contributed by atoms with Gasteiger partial charge in [0.15, 0.2) is 0 Å². The lowest BCUT2D eigenvalue weighted by molar-refractivity contribution is 0.0955. The van der Waals surface area contributed by atoms with Crippen LogP contribution in [0.3, 0.4) is 0 Å². The standard InChI is InChI=1S/C20H16Br2ClN3O/c1-12-17(11-24-25-20(27)16-5-3-4-6-18(16)23)19(22)13(2)26(12)15-9-7-14(21)8-10-15/h3-11H,1-2H3,(H,25,27)/b24-11-. The number of carbonyl (C=O) groups excluding carboxylic acids is 1. The number of amides is 1. The van der Waals surface area contributed by atoms with Crippen molar-refractivity contribution < 1.29 is 4.79 Å². The summed E-state index contributed by atoms with van der Waals surface area (Å²) in [6, 6.07) is 14.9. The number of benzene rings is 2. The molecule has 1 amide bonds. The number of halogens is 3. The van der Waals surface area contributed by atoms with E-state index in [0.29, 0.717) is 10.6 Å². The van der Waals surface area contributed by atoms with Crippen molar-refractivity contribution in [1.29, 1.82) is 0 Å². The fraction of sp³-hybridized carbons (Fsp3) is 0.100. The van der Waals surface area contributed by atoms with E-state index in [9.17, 15) is 4.79 Å². The van der Waals surface area contributed by atoms with Gasteiger partial charge in [-0.2, -0.15) is 5.10 Å². The molecule has 1 aromatic heterocycles. The highest BCUT2D eigenvalue weighted by atomic mass is 79.9. The van der Waals surface area contributed by atoms with Crippen molar-refractivity contribution in [1.82, 2.24) is 9.99 Å². The number of nitrogens with zero attached hydrogens (tertiary/aromatic N) is 2. The molecule has 0 aliphatic heterocycles. The average molecular weight is 510 g/mol. The smallest absolute Gasteiger partial charge is 0.272 e. The maximum Gasteiger partial charge on any atom is 0.272 e. The van der Waals surface area contributed by atoms with Gasteiger partial charge in [-0.25, -0.2) is 5.43 Å². The Hall–Kier alpha value is -1.89. The molecule has 1 heterocycles. The van der Waals surface area contributed by atoms with Crippen LogP contribution in [-0.4, -0.2) is 16.7 Å². The molecule has 0 saturated heterocycles. The number of hydrazone groups is 1. The number of nitrogens with one attached hydrogen (secondary N) is 1. The SMILES string of the molecule is Cc1c(Br)c(/C=N\NC(=O)c2ccccc2Cl)c(C)n1-c1ccc(Br)cc1. The van der Waals surface area contributed by atoms with E-state index in [1.165, 1.54) is 0 Å². The predicted octanol–water partition coefficient (Wildman–Crippen LogP) is 6.04. The minimum Gasteiger partial charge on any atom is -0.317 e. The molecule has 27 heavy (non-hydrogen) atoms. The molecule has 1 N–H and O–H groups in total. The van der Waals surface area contributed by atoms with Gasteiger partial charge in [-0.15, -0.1) is 0 Å². The van der Waals surface area contributed by atoms with Gasteiger partial charge in [-0.05, 0) is 66.2 Å². The molecule has 3 rings (SSSR count). The minimum absolute atomic E-state index is 0.352. The van der Waals surface area contributed by atoms with Crippen LogP contribution >= 0.6 is 43.5 Å². The number of carbonyl (C=O) groups is 1. The third-order valence-electron chi connectivity index (χ3n) is 4.18. The van der Waals surface area contributed by atoms with E-state index in [4.69, 9.17) is 11.6 Å². The van der Waals surface area contributed by atoms with Crippen LogP contribution in [0, 0.1) is 13.8 Å². The van der Waals surface area contributed by atoms with Gasteiger partial charge < -0.3 is 4.57 Å². The van der Waals surface area contributed by atoms with Crippen molar-refractivity contribution in [3.05, 3.63) is 85.0 Å². The first kappa shape index (κ1) is 19.9. The summed E-state index contributed by atoms with van der Waals surface area (Å²) in [4.78, 5) is 12.2. The summed E-state index contributed by atoms with van der Waals surface area (Å²) in [5.41, 5.74) is 6.92. The summed E-state index contributed by atoms with van der Waals surface area (Å²) >= 11 is 13.1. The number of hydrogen-bond donors (Lipinski definition) is 1. The van der Waals surface area contributed by atoms with Crippen LogP contribution in [0.4, 0.5) is 0 Å². The monoisotopic (exact) mass is 507 g/mol. The van der Waals surface area contributed by atoms with Gasteiger partial charge >= 0.3 is 0 Å². The molecule has 0 spiro atoms. The molecular weight excluding hydrogens is 494 g/mol. The van der Waals surface area contributed by atoms with Gasteiger partial charge in [0.25, 0.3) is 5.91 Å². The van der Waals surface area contributed by atoms with E-state index in [-0.39, 0.29) is 5.91 Å². The highest BCUT2D eigenvalue weighted by Gasteiger charge is 2.16. The Morgan fingerprint density at radius 1 is 1.07 bits per heavy atom. The molecular formula is C20H16Br2ClN3O. The number of aromatic nitrogens is 1. The maximum absolute atomic E-state index is 12.2. The zero-order chi connectivity index (χ0) is 19.6. The topological polar surface area (TPSA) is 46.4 Å². The Bertz CT molecular complexity index is 1030. The first-order valence-corrected chi connectivity index (χ1v) is 10.1. The second kappa shape index (κ2) is 8.42. The fourth-order valence-corrected chi connectivity index (χ4v) is 3.86. The van der Waals surface area contributed by atoms with Gasteiger partial charge in [0.05, 0.1) is 16.8 Å². The third-order valence-corrected chi connectivity index (χ3v) is 6.04. The fourth-order valence-electron chi connectivity index (χ4n) is 2.81. The van der Waals surface area contributed by atoms with Crippen molar-refractivity contribution in [2.24, 2.45) is 5.10 Å². The van der Waals surface area contributed by atoms with Crippen LogP contribution in [0.2, 0.25) is 5.02 Å². The van der Waals surface area contributed by atoms with E-state index >= 15 is 0 Å². The molecule has 0 saturated carbocycles. The maximum atomic E-state index is 12.2. The number of hydrogen-bond acceptors (Lipinski definition) is 2. The van der Waals surface area contributed by atoms with Crippen molar-refractivity contribution in [2.45, 2.75) is 13.8 Å². The summed E-state index contributed by atoms with van der Waals surface area (Å²) in [6.45, 7) is 4.04. The van der Waals surface area contributed by atoms with Crippen molar-refractivity contribution in [2.75, 3.05) is 0 Å². The van der Waals surface area contributed by atoms with Gasteiger partial charge in [-0.1, -0.05) is 39.7 Å². The molecule has 0 unspecified atom stereocenters. The largest absolute Gasteiger partial charge is 0.317 e. The third kappa shape index (κ3) is 4.18. The highest BCUT2D eigenvalue weighted by molar-refractivity contribution is 9.10. The first-order valence-electron chi connectivity index (χ1n) is 8.11. The van der Waals surface area contributed by atoms with Crippen LogP contribution in [0.25, 0.3) is 5.69 Å². The Kier molecular flexibility index (Phi) is 6.19. The first-order chi connectivity index (χ1) is 12.9. The molecule has 0 fully saturated rings. The molecule has 0 aliphatic carbocycles. The predicted molar refractivity (Wildman–Crippen MR) is 117 cm³/mol. The van der Waals surface area contributed by atoms with Crippen molar-refractivity contribution in [3.8, 4) is 5.69 Å². The quantitative estimate of drug-likeness (QED) is 0.339. The van der Waals surface area contributed by atoms with Gasteiger partial charge in [-0.3, -0.25) is 4.79 Å². The van der Waals surface area contributed by atoms with Crippen LogP contribution in [0.1, 0.15) is 27.3 Å². The van der Waals surface area contributed by atoms with Crippen molar-refractivity contribution >= 4 is 55.6 Å². The van der Waals surface area contributed by atoms with Crippen LogP contribution in [0.15, 0.2) is 62.6 Å². The Morgan fingerprint density at radius 3 is 2.41 bits per heavy atom. The van der Waals surface area contributed by atoms with E-state index in [1.807, 2.05) is 38.1 Å². The van der Waals surface area contributed by atoms with Gasteiger partial charge in [0.1, 0.15) is 0 Å². The average Bonchev–Trinajstić information content (AvgIpc) is 2.86. The zero-order valence-corrected chi connectivity index (χ0v) is 18.6. The van der Waals surface area contributed by atoms with Crippen molar-refractivity contribution in [3.63, 3.8) is 0 Å². The molecule has 0 aliphatic rings. The van der Waals surface area contributed by atoms with Crippen LogP contribution < -0.4 is 5.43 Å². The van der Waals surface area contributed by atoms with Gasteiger partial charge in [0, 0.05) is 31.6 Å². The minimum atomic E-state index is -0.352. The van der Waals surface area contributed by atoms with E-state index < -0.39 is 0 Å². The zero-order valence-electron chi connectivity index (χ0n) is 14.6. The summed E-state index contributed by atoms with van der Waals surface area (Å²) in [7, 11) is 0. The molecule has 0 radical (unpaired) electrons. The van der Waals surface area contributed by atoms with E-state index in [1.54, 1.807) is 30.5 Å². The normalized spacial score (nSPS) is 11.1. The van der Waals surface area contributed by atoms with Crippen LogP contribution in [-0.2, 0) is 0 Å². The summed E-state index contributed by atoms with van der Waals surface area (Å²) in [6.07, 6.45) is 1.64. The molecule has 0 bridgehead atoms. The lowest BCUT2D eigenvalue weighted by atomic mass is 10.2. The Morgan fingerprint density at radius 2 is 1.74 bits per heavy atom. The van der Waals surface area contributed by atoms with E-state index in [2.05, 4.69) is 47.0 Å². The van der Waals surface area contributed by atoms with Gasteiger partial charge in [0.2, 0.25) is 0 Å². The second-order valence-corrected chi connectivity index (χ2v) is 8.01. The Balaban J connectivity index is 1.86. The summed E-state index contributed by atoms with van der Waals surface area (Å²) in [5.74, 6) is -0.352. The molecule has 0 atom stereocenters. The molecule has 7 heteroatoms. The van der Waals surface area contributed by atoms with Crippen LogP contribution in [0.5, 0.6) is 0 Å². The lowest BCUT2D eigenvalue weighted by Gasteiger charge is -2.09. The molecule has 4 nitrogen and oxygen atoms in total. The second-order valence-electron chi connectivity index (χ2n) is 5.89. The molecule has 2 aromatic carbocycles. The lowest BCUT2D eigenvalue weighted by Crippen LogP contribution is -2.18. The molecule has 138 valence electrons.